The lowest BCUT2D eigenvalue weighted by Gasteiger charge is -2.29. The van der Waals surface area contributed by atoms with E-state index in [1.165, 1.54) is 24.5 Å². The van der Waals surface area contributed by atoms with Crippen molar-refractivity contribution in [2.24, 2.45) is 0 Å². The van der Waals surface area contributed by atoms with E-state index >= 15 is 0 Å². The first-order valence-corrected chi connectivity index (χ1v) is 24.2. The second kappa shape index (κ2) is 20.2. The minimum Gasteiger partial charge on any atom is -0.493 e. The van der Waals surface area contributed by atoms with Crippen molar-refractivity contribution in [3.05, 3.63) is 104 Å². The van der Waals surface area contributed by atoms with Crippen molar-refractivity contribution in [2.45, 2.75) is 83.6 Å². The number of anilines is 1. The predicted octanol–water partition coefficient (Wildman–Crippen LogP) is 5.56. The smallest absolute Gasteiger partial charge is 0.264 e. The first kappa shape index (κ1) is 45.9. The Morgan fingerprint density at radius 1 is 0.922 bits per heavy atom. The maximum atomic E-state index is 14.0. The number of rotatable bonds is 21. The van der Waals surface area contributed by atoms with Gasteiger partial charge in [0.1, 0.15) is 28.2 Å². The van der Waals surface area contributed by atoms with Crippen molar-refractivity contribution >= 4 is 62.3 Å². The zero-order valence-corrected chi connectivity index (χ0v) is 37.5. The average Bonchev–Trinajstić information content (AvgIpc) is 3.90. The van der Waals surface area contributed by atoms with E-state index in [1.54, 1.807) is 47.5 Å². The quantitative estimate of drug-likeness (QED) is 0.0695. The number of hydrogen-bond acceptors (Lipinski definition) is 13. The second-order valence-electron chi connectivity index (χ2n) is 15.9. The summed E-state index contributed by atoms with van der Waals surface area (Å²) in [4.78, 5) is 81.2. The van der Waals surface area contributed by atoms with Gasteiger partial charge in [-0.2, -0.15) is 0 Å². The molecule has 0 aliphatic carbocycles. The van der Waals surface area contributed by atoms with Crippen LogP contribution in [0.1, 0.15) is 111 Å². The molecule has 3 aromatic carbocycles. The van der Waals surface area contributed by atoms with Gasteiger partial charge in [-0.1, -0.05) is 37.1 Å². The van der Waals surface area contributed by atoms with E-state index in [2.05, 4.69) is 16.0 Å². The van der Waals surface area contributed by atoms with E-state index in [0.29, 0.717) is 67.5 Å². The second-order valence-corrected chi connectivity index (χ2v) is 19.1. The zero-order chi connectivity index (χ0) is 45.5. The topological polar surface area (TPSA) is 207 Å². The van der Waals surface area contributed by atoms with Crippen molar-refractivity contribution in [3.63, 3.8) is 0 Å². The van der Waals surface area contributed by atoms with E-state index in [9.17, 15) is 37.2 Å². The Balaban J connectivity index is 0.826. The summed E-state index contributed by atoms with van der Waals surface area (Å²) < 4.78 is 42.3. The molecule has 3 aliphatic rings. The normalized spacial score (nSPS) is 16.4. The molecule has 2 atom stereocenters. The van der Waals surface area contributed by atoms with Crippen LogP contribution in [-0.2, 0) is 43.9 Å². The van der Waals surface area contributed by atoms with Crippen LogP contribution in [0.3, 0.4) is 0 Å². The number of imide groups is 2. The fourth-order valence-corrected chi connectivity index (χ4v) is 10.0. The molecule has 1 fully saturated rings. The molecule has 4 aromatic rings. The number of benzene rings is 3. The van der Waals surface area contributed by atoms with Crippen molar-refractivity contribution in [1.82, 2.24) is 20.4 Å². The van der Waals surface area contributed by atoms with Gasteiger partial charge < -0.3 is 29.7 Å². The van der Waals surface area contributed by atoms with Crippen LogP contribution in [0.2, 0.25) is 0 Å². The molecular formula is C46H51N5O11S2. The standard InChI is InChI=1S/C46H51N5O11S2/c1-4-61-38-22-29(15-19-37(38)60-2)36(27-64(3,58)59)51-45(56)31-10-9-11-34(42(31)46(51)57)48-40(52)12-7-5-6-8-21-47-23-28-13-16-30(17-14-28)62-25-39-32-24-50(44(55)33(32)26-63-39)35-18-20-41(53)49-43(35)54/h9-11,13-17,19,22,26,35-36,47H,4-8,12,18,20-21,23-25,27H2,1-3H3,(H,48,52)(H,49,53,54). The third-order valence-electron chi connectivity index (χ3n) is 11.4. The fraction of sp³-hybridized carbons (Fsp3) is 0.391. The molecule has 16 nitrogen and oxygen atoms in total. The van der Waals surface area contributed by atoms with Crippen LogP contribution in [0.25, 0.3) is 0 Å². The van der Waals surface area contributed by atoms with Crippen molar-refractivity contribution < 1.29 is 51.4 Å². The number of carbonyl (C=O) groups is 6. The molecule has 338 valence electrons. The van der Waals surface area contributed by atoms with E-state index < -0.39 is 45.4 Å². The molecule has 1 saturated heterocycles. The predicted molar refractivity (Wildman–Crippen MR) is 238 cm³/mol. The third kappa shape index (κ3) is 10.5. The molecule has 0 radical (unpaired) electrons. The van der Waals surface area contributed by atoms with Gasteiger partial charge in [0, 0.05) is 48.0 Å². The summed E-state index contributed by atoms with van der Waals surface area (Å²) in [6, 6.07) is 15.4. The number of nitrogens with zero attached hydrogens (tertiary/aromatic N) is 2. The van der Waals surface area contributed by atoms with E-state index in [4.69, 9.17) is 14.2 Å². The Morgan fingerprint density at radius 2 is 1.70 bits per heavy atom. The van der Waals surface area contributed by atoms with Crippen molar-refractivity contribution in [1.29, 1.82) is 0 Å². The largest absolute Gasteiger partial charge is 0.493 e. The number of fused-ring (bicyclic) bond motifs is 2. The van der Waals surface area contributed by atoms with Gasteiger partial charge in [-0.05, 0) is 80.3 Å². The maximum Gasteiger partial charge on any atom is 0.264 e. The number of carbonyl (C=O) groups excluding carboxylic acids is 6. The molecule has 18 heteroatoms. The number of ether oxygens (including phenoxy) is 3. The first-order valence-electron chi connectivity index (χ1n) is 21.2. The molecule has 0 saturated carbocycles. The molecule has 3 N–H and O–H groups in total. The van der Waals surface area contributed by atoms with Gasteiger partial charge in [0.05, 0.1) is 47.9 Å². The lowest BCUT2D eigenvalue weighted by molar-refractivity contribution is -0.137. The summed E-state index contributed by atoms with van der Waals surface area (Å²) in [5.74, 6) is -1.66. The molecule has 0 bridgehead atoms. The summed E-state index contributed by atoms with van der Waals surface area (Å²) >= 11 is 1.46. The average molecular weight is 914 g/mol. The first-order chi connectivity index (χ1) is 30.8. The molecular weight excluding hydrogens is 863 g/mol. The number of thiophene rings is 1. The van der Waals surface area contributed by atoms with Gasteiger partial charge in [0.2, 0.25) is 17.7 Å². The Hall–Kier alpha value is -6.11. The highest BCUT2D eigenvalue weighted by Gasteiger charge is 2.44. The van der Waals surface area contributed by atoms with E-state index in [1.807, 2.05) is 24.3 Å². The summed E-state index contributed by atoms with van der Waals surface area (Å²) in [5.41, 5.74) is 3.21. The van der Waals surface area contributed by atoms with Gasteiger partial charge in [0.25, 0.3) is 17.7 Å². The van der Waals surface area contributed by atoms with E-state index in [-0.39, 0.29) is 47.4 Å². The van der Waals surface area contributed by atoms with Crippen molar-refractivity contribution in [2.75, 3.05) is 37.6 Å². The SMILES string of the molecule is CCOc1cc(C(CS(C)(=O)=O)N2C(=O)c3cccc(NC(=O)CCCCCCNCc4ccc(OCc5scc6c5CN(C5CCC(=O)NC5=O)C6=O)cc4)c3C2=O)ccc1OC. The van der Waals surface area contributed by atoms with E-state index in [0.717, 1.165) is 53.0 Å². The number of methoxy groups -OCH3 is 1. The Kier molecular flexibility index (Phi) is 14.5. The van der Waals surface area contributed by atoms with Crippen LogP contribution in [0.4, 0.5) is 5.69 Å². The van der Waals surface area contributed by atoms with Crippen LogP contribution in [0.5, 0.6) is 17.2 Å². The molecule has 4 heterocycles. The summed E-state index contributed by atoms with van der Waals surface area (Å²) in [5, 5.41) is 10.4. The number of amides is 6. The third-order valence-corrected chi connectivity index (χ3v) is 13.3. The Labute approximate surface area is 375 Å². The van der Waals surface area contributed by atoms with Gasteiger partial charge >= 0.3 is 0 Å². The monoisotopic (exact) mass is 913 g/mol. The minimum absolute atomic E-state index is 0.0210. The molecule has 2 unspecified atom stereocenters. The van der Waals surface area contributed by atoms with Crippen molar-refractivity contribution in [3.8, 4) is 17.2 Å². The maximum absolute atomic E-state index is 14.0. The minimum atomic E-state index is -3.68. The molecule has 0 spiro atoms. The molecule has 7 rings (SSSR count). The van der Waals surface area contributed by atoms with Crippen LogP contribution < -0.4 is 30.2 Å². The molecule has 1 aromatic heterocycles. The van der Waals surface area contributed by atoms with Gasteiger partial charge in [-0.25, -0.2) is 8.42 Å². The highest BCUT2D eigenvalue weighted by molar-refractivity contribution is 7.90. The summed E-state index contributed by atoms with van der Waals surface area (Å²) in [7, 11) is -2.21. The number of unbranched alkanes of at least 4 members (excludes halogenated alkanes) is 3. The number of hydrogen-bond donors (Lipinski definition) is 3. The highest BCUT2D eigenvalue weighted by Crippen LogP contribution is 2.39. The Morgan fingerprint density at radius 3 is 2.44 bits per heavy atom. The zero-order valence-electron chi connectivity index (χ0n) is 35.9. The van der Waals surface area contributed by atoms with Gasteiger partial charge in [-0.15, -0.1) is 11.3 Å². The van der Waals surface area contributed by atoms with Gasteiger partial charge in [0.15, 0.2) is 11.5 Å². The number of piperidine rings is 1. The highest BCUT2D eigenvalue weighted by atomic mass is 32.2. The van der Waals surface area contributed by atoms with Crippen LogP contribution >= 0.6 is 11.3 Å². The summed E-state index contributed by atoms with van der Waals surface area (Å²) in [6.07, 6.45) is 5.03. The molecule has 6 amide bonds. The lowest BCUT2D eigenvalue weighted by atomic mass is 10.0. The van der Waals surface area contributed by atoms with Crippen LogP contribution in [0, 0.1) is 0 Å². The molecule has 3 aliphatic heterocycles. The van der Waals surface area contributed by atoms with Gasteiger partial charge in [-0.3, -0.25) is 39.0 Å². The number of sulfone groups is 1. The van der Waals surface area contributed by atoms with Crippen LogP contribution in [0.15, 0.2) is 66.0 Å². The molecule has 64 heavy (non-hydrogen) atoms. The Bertz CT molecular complexity index is 2560. The van der Waals surface area contributed by atoms with Crippen LogP contribution in [-0.4, -0.2) is 92.0 Å². The number of nitrogens with one attached hydrogen (secondary N) is 3. The lowest BCUT2D eigenvalue weighted by Crippen LogP contribution is -2.52. The fourth-order valence-electron chi connectivity index (χ4n) is 8.18. The summed E-state index contributed by atoms with van der Waals surface area (Å²) in [6.45, 7) is 4.16.